The summed E-state index contributed by atoms with van der Waals surface area (Å²) >= 11 is 1.21. The van der Waals surface area contributed by atoms with Crippen molar-refractivity contribution in [1.82, 2.24) is 4.98 Å². The Labute approximate surface area is 186 Å². The number of aromatic nitrogens is 1. The Morgan fingerprint density at radius 3 is 2.75 bits per heavy atom. The summed E-state index contributed by atoms with van der Waals surface area (Å²) in [5.74, 6) is 0. The molecule has 0 spiro atoms. The van der Waals surface area contributed by atoms with Gasteiger partial charge in [-0.25, -0.2) is 9.78 Å². The van der Waals surface area contributed by atoms with Crippen molar-refractivity contribution in [3.05, 3.63) is 90.7 Å². The second kappa shape index (κ2) is 8.45. The molecule has 0 saturated carbocycles. The van der Waals surface area contributed by atoms with Gasteiger partial charge in [0.05, 0.1) is 16.2 Å². The summed E-state index contributed by atoms with van der Waals surface area (Å²) in [5.41, 5.74) is 3.47. The highest BCUT2D eigenvalue weighted by molar-refractivity contribution is 7.11. The van der Waals surface area contributed by atoms with Crippen LogP contribution >= 0.6 is 11.3 Å². The predicted molar refractivity (Wildman–Crippen MR) is 123 cm³/mol. The number of nitrogens with zero attached hydrogens (tertiary/aromatic N) is 3. The van der Waals surface area contributed by atoms with Gasteiger partial charge >= 0.3 is 5.63 Å². The Morgan fingerprint density at radius 1 is 1.22 bits per heavy atom. The van der Waals surface area contributed by atoms with Crippen molar-refractivity contribution >= 4 is 39.3 Å². The third-order valence-corrected chi connectivity index (χ3v) is 5.82. The van der Waals surface area contributed by atoms with E-state index in [0.29, 0.717) is 21.7 Å². The molecule has 2 heterocycles. The van der Waals surface area contributed by atoms with Gasteiger partial charge in [0, 0.05) is 34.8 Å². The van der Waals surface area contributed by atoms with Gasteiger partial charge in [0.1, 0.15) is 22.2 Å². The first kappa shape index (κ1) is 21.0. The molecule has 0 unspecified atom stereocenters. The molecular formula is C23H16N4O4S. The van der Waals surface area contributed by atoms with Gasteiger partial charge in [-0.05, 0) is 49.2 Å². The minimum Gasteiger partial charge on any atom is -0.422 e. The van der Waals surface area contributed by atoms with Gasteiger partial charge in [0.25, 0.3) is 5.69 Å². The maximum atomic E-state index is 12.4. The van der Waals surface area contributed by atoms with Crippen molar-refractivity contribution in [2.24, 2.45) is 0 Å². The third kappa shape index (κ3) is 4.12. The van der Waals surface area contributed by atoms with Crippen LogP contribution in [-0.2, 0) is 0 Å². The number of non-ortho nitro benzene ring substituents is 1. The van der Waals surface area contributed by atoms with Crippen LogP contribution in [0.1, 0.15) is 16.1 Å². The smallest absolute Gasteiger partial charge is 0.345 e. The molecule has 2 aromatic carbocycles. The summed E-state index contributed by atoms with van der Waals surface area (Å²) in [6.45, 7) is 4.03. The quantitative estimate of drug-likeness (QED) is 0.189. The number of nitrogens with one attached hydrogen (secondary N) is 1. The van der Waals surface area contributed by atoms with Crippen molar-refractivity contribution in [1.29, 1.82) is 5.26 Å². The molecule has 8 nitrogen and oxygen atoms in total. The van der Waals surface area contributed by atoms with Crippen LogP contribution in [0.3, 0.4) is 0 Å². The van der Waals surface area contributed by atoms with E-state index in [9.17, 15) is 20.2 Å². The topological polar surface area (TPSA) is 122 Å². The molecule has 0 fully saturated rings. The summed E-state index contributed by atoms with van der Waals surface area (Å²) in [7, 11) is 0. The average molecular weight is 444 g/mol. The van der Waals surface area contributed by atoms with Crippen LogP contribution in [0.4, 0.5) is 11.4 Å². The first-order valence-electron chi connectivity index (χ1n) is 9.48. The lowest BCUT2D eigenvalue weighted by Crippen LogP contribution is -2.03. The number of rotatable bonds is 5. The number of fused-ring (bicyclic) bond motifs is 1. The number of aryl methyl sites for hydroxylation is 2. The first-order chi connectivity index (χ1) is 15.4. The number of allylic oxidation sites excluding steroid dienone is 1. The number of benzene rings is 2. The SMILES string of the molecule is Cc1ccc(NC=C(C#N)c2nc(-c3cc4cc([N+](=O)[O-])ccc4oc3=O)cs2)cc1C. The Kier molecular flexibility index (Phi) is 5.54. The van der Waals surface area contributed by atoms with E-state index >= 15 is 0 Å². The largest absolute Gasteiger partial charge is 0.422 e. The second-order valence-corrected chi connectivity index (χ2v) is 7.94. The Bertz CT molecular complexity index is 1490. The summed E-state index contributed by atoms with van der Waals surface area (Å²) in [4.78, 5) is 27.4. The van der Waals surface area contributed by atoms with Gasteiger partial charge < -0.3 is 9.73 Å². The molecule has 0 bridgehead atoms. The lowest BCUT2D eigenvalue weighted by Gasteiger charge is -2.05. The molecule has 0 aliphatic rings. The number of hydrogen-bond acceptors (Lipinski definition) is 8. The molecule has 2 aromatic heterocycles. The van der Waals surface area contributed by atoms with Crippen LogP contribution in [0.25, 0.3) is 27.8 Å². The molecule has 0 aliphatic heterocycles. The summed E-state index contributed by atoms with van der Waals surface area (Å²) in [6.07, 6.45) is 1.57. The van der Waals surface area contributed by atoms with Gasteiger partial charge in [-0.2, -0.15) is 5.26 Å². The first-order valence-corrected chi connectivity index (χ1v) is 10.4. The molecule has 0 saturated heterocycles. The van der Waals surface area contributed by atoms with Crippen molar-refractivity contribution in [2.45, 2.75) is 13.8 Å². The third-order valence-electron chi connectivity index (χ3n) is 4.95. The maximum absolute atomic E-state index is 12.4. The summed E-state index contributed by atoms with van der Waals surface area (Å²) < 4.78 is 5.30. The molecule has 9 heteroatoms. The zero-order valence-electron chi connectivity index (χ0n) is 17.1. The van der Waals surface area contributed by atoms with Gasteiger partial charge in [-0.3, -0.25) is 10.1 Å². The predicted octanol–water partition coefficient (Wildman–Crippen LogP) is 5.42. The van der Waals surface area contributed by atoms with Gasteiger partial charge in [-0.1, -0.05) is 6.07 Å². The van der Waals surface area contributed by atoms with Crippen LogP contribution in [0, 0.1) is 35.3 Å². The van der Waals surface area contributed by atoms with Gasteiger partial charge in [-0.15, -0.1) is 11.3 Å². The van der Waals surface area contributed by atoms with E-state index < -0.39 is 10.5 Å². The zero-order chi connectivity index (χ0) is 22.8. The number of nitro groups is 1. The minimum atomic E-state index is -0.612. The van der Waals surface area contributed by atoms with Crippen LogP contribution in [0.5, 0.6) is 0 Å². The van der Waals surface area contributed by atoms with Crippen molar-refractivity contribution in [3.63, 3.8) is 0 Å². The second-order valence-electron chi connectivity index (χ2n) is 7.08. The van der Waals surface area contributed by atoms with Crippen molar-refractivity contribution in [3.8, 4) is 17.3 Å². The standard InChI is InChI=1S/C23H16N4O4S/c1-13-3-4-17(7-14(13)2)25-11-16(10-24)22-26-20(12-32-22)19-9-15-8-18(27(29)30)5-6-21(15)31-23(19)28/h3-9,11-12,25H,1-2H3. The number of hydrogen-bond donors (Lipinski definition) is 1. The molecule has 0 aliphatic carbocycles. The van der Waals surface area contributed by atoms with Crippen LogP contribution in [0.15, 0.2) is 63.3 Å². The molecule has 4 aromatic rings. The Hall–Kier alpha value is -4.29. The normalized spacial score (nSPS) is 11.3. The highest BCUT2D eigenvalue weighted by Crippen LogP contribution is 2.28. The van der Waals surface area contributed by atoms with Gasteiger partial charge in [0.15, 0.2) is 0 Å². The fraction of sp³-hybridized carbons (Fsp3) is 0.0870. The molecule has 158 valence electrons. The maximum Gasteiger partial charge on any atom is 0.345 e. The molecule has 0 amide bonds. The van der Waals surface area contributed by atoms with E-state index in [1.54, 1.807) is 11.6 Å². The van der Waals surface area contributed by atoms with Crippen molar-refractivity contribution in [2.75, 3.05) is 5.32 Å². The van der Waals surface area contributed by atoms with E-state index in [4.69, 9.17) is 4.42 Å². The average Bonchev–Trinajstić information content (AvgIpc) is 3.25. The van der Waals surface area contributed by atoms with Crippen LogP contribution in [0.2, 0.25) is 0 Å². The molecule has 0 atom stereocenters. The number of nitro benzene ring substituents is 1. The molecule has 0 radical (unpaired) electrons. The molecule has 4 rings (SSSR count). The number of anilines is 1. The van der Waals surface area contributed by atoms with Gasteiger partial charge in [0.2, 0.25) is 0 Å². The van der Waals surface area contributed by atoms with Crippen molar-refractivity contribution < 1.29 is 9.34 Å². The Morgan fingerprint density at radius 2 is 2.03 bits per heavy atom. The minimum absolute atomic E-state index is 0.108. The lowest BCUT2D eigenvalue weighted by atomic mass is 10.1. The summed E-state index contributed by atoms with van der Waals surface area (Å²) in [5, 5.41) is 26.2. The molecular weight excluding hydrogens is 428 g/mol. The van der Waals surface area contributed by atoms with E-state index in [1.807, 2.05) is 32.0 Å². The summed E-state index contributed by atoms with van der Waals surface area (Å²) in [6, 6.07) is 13.5. The van der Waals surface area contributed by atoms with E-state index in [0.717, 1.165) is 11.3 Å². The highest BCUT2D eigenvalue weighted by atomic mass is 32.1. The fourth-order valence-electron chi connectivity index (χ4n) is 3.05. The molecule has 1 N–H and O–H groups in total. The van der Waals surface area contributed by atoms with Crippen LogP contribution in [-0.4, -0.2) is 9.91 Å². The number of nitriles is 1. The molecule has 32 heavy (non-hydrogen) atoms. The number of thiazole rings is 1. The zero-order valence-corrected chi connectivity index (χ0v) is 17.9. The Balaban J connectivity index is 1.67. The van der Waals surface area contributed by atoms with E-state index in [1.165, 1.54) is 41.2 Å². The monoisotopic (exact) mass is 444 g/mol. The fourth-order valence-corrected chi connectivity index (χ4v) is 3.84. The van der Waals surface area contributed by atoms with Crippen LogP contribution < -0.4 is 10.9 Å². The van der Waals surface area contributed by atoms with E-state index in [-0.39, 0.29) is 16.8 Å². The lowest BCUT2D eigenvalue weighted by molar-refractivity contribution is -0.384. The highest BCUT2D eigenvalue weighted by Gasteiger charge is 2.15. The van der Waals surface area contributed by atoms with E-state index in [2.05, 4.69) is 16.4 Å².